The van der Waals surface area contributed by atoms with Crippen LogP contribution in [0.2, 0.25) is 0 Å². The normalized spacial score (nSPS) is 12.6. The van der Waals surface area contributed by atoms with E-state index in [1.54, 1.807) is 17.4 Å². The maximum atomic E-state index is 12.2. The molecule has 0 aliphatic heterocycles. The van der Waals surface area contributed by atoms with Gasteiger partial charge in [-0.1, -0.05) is 25.6 Å². The fourth-order valence-corrected chi connectivity index (χ4v) is 4.70. The first-order valence-corrected chi connectivity index (χ1v) is 11.0. The number of thioether (sulfide) groups is 1. The summed E-state index contributed by atoms with van der Waals surface area (Å²) < 4.78 is 31.3. The molecule has 0 aliphatic carbocycles. The molecule has 0 fully saturated rings. The highest BCUT2D eigenvalue weighted by molar-refractivity contribution is 7.98. The molecule has 3 rings (SSSR count). The molecule has 9 heteroatoms. The molecule has 6 nitrogen and oxygen atoms in total. The highest BCUT2D eigenvalue weighted by Gasteiger charge is 2.19. The van der Waals surface area contributed by atoms with Crippen LogP contribution in [0, 0.1) is 0 Å². The minimum absolute atomic E-state index is 0.205. The van der Waals surface area contributed by atoms with E-state index in [1.807, 2.05) is 5.38 Å². The van der Waals surface area contributed by atoms with Crippen molar-refractivity contribution in [3.8, 4) is 0 Å². The molecule has 0 aliphatic rings. The summed E-state index contributed by atoms with van der Waals surface area (Å²) in [5, 5.41) is 3.67. The Labute approximate surface area is 155 Å². The van der Waals surface area contributed by atoms with Crippen LogP contribution in [-0.4, -0.2) is 36.8 Å². The Morgan fingerprint density at radius 3 is 2.68 bits per heavy atom. The van der Waals surface area contributed by atoms with Crippen LogP contribution in [-0.2, 0) is 15.8 Å². The Kier molecular flexibility index (Phi) is 5.19. The Bertz CT molecular complexity index is 990. The molecule has 0 atom stereocenters. The molecular weight excluding hydrogens is 378 g/mol. The summed E-state index contributed by atoms with van der Waals surface area (Å²) in [6.45, 7) is 4.24. The molecule has 3 aromatic rings. The summed E-state index contributed by atoms with van der Waals surface area (Å²) in [5.74, 6) is 1.09. The first-order chi connectivity index (χ1) is 11.8. The van der Waals surface area contributed by atoms with Crippen molar-refractivity contribution in [3.63, 3.8) is 0 Å². The molecule has 0 saturated carbocycles. The number of hydrogen-bond acceptors (Lipinski definition) is 7. The van der Waals surface area contributed by atoms with Crippen molar-refractivity contribution in [1.82, 2.24) is 14.3 Å². The Morgan fingerprint density at radius 1 is 1.28 bits per heavy atom. The minimum Gasteiger partial charge on any atom is -0.431 e. The van der Waals surface area contributed by atoms with Gasteiger partial charge in [-0.3, -0.25) is 0 Å². The summed E-state index contributed by atoms with van der Waals surface area (Å²) in [7, 11) is -0.478. The quantitative estimate of drug-likeness (QED) is 0.586. The Hall–Kier alpha value is -1.42. The van der Waals surface area contributed by atoms with Crippen molar-refractivity contribution >= 4 is 44.2 Å². The summed E-state index contributed by atoms with van der Waals surface area (Å²) in [6, 6.07) is 4.72. The monoisotopic (exact) mass is 397 g/mol. The summed E-state index contributed by atoms with van der Waals surface area (Å²) >= 11 is 3.11. The maximum Gasteiger partial charge on any atom is 0.257 e. The topological polar surface area (TPSA) is 76.3 Å². The van der Waals surface area contributed by atoms with Crippen LogP contribution in [0.4, 0.5) is 0 Å². The third-order valence-electron chi connectivity index (χ3n) is 3.52. The van der Waals surface area contributed by atoms with E-state index in [1.165, 1.54) is 42.3 Å². The number of thiazole rings is 1. The fourth-order valence-electron chi connectivity index (χ4n) is 2.11. The lowest BCUT2D eigenvalue weighted by atomic mass is 10.2. The molecule has 134 valence electrons. The molecule has 0 spiro atoms. The molecule has 0 bridgehead atoms. The highest BCUT2D eigenvalue weighted by Crippen LogP contribution is 2.29. The first-order valence-electron chi connectivity index (χ1n) is 7.67. The Balaban J connectivity index is 1.79. The number of nitrogens with zero attached hydrogens (tertiary/aromatic N) is 3. The van der Waals surface area contributed by atoms with E-state index in [0.717, 1.165) is 10.7 Å². The van der Waals surface area contributed by atoms with Crippen molar-refractivity contribution in [2.45, 2.75) is 35.6 Å². The van der Waals surface area contributed by atoms with Crippen LogP contribution >= 0.6 is 23.1 Å². The van der Waals surface area contributed by atoms with Crippen molar-refractivity contribution in [2.75, 3.05) is 14.1 Å². The lowest BCUT2D eigenvalue weighted by Crippen LogP contribution is -2.22. The average molecular weight is 398 g/mol. The lowest BCUT2D eigenvalue weighted by Gasteiger charge is -2.10. The molecule has 0 unspecified atom stereocenters. The molecule has 0 radical (unpaired) electrons. The van der Waals surface area contributed by atoms with Crippen LogP contribution in [0.1, 0.15) is 30.5 Å². The third kappa shape index (κ3) is 3.89. The number of sulfonamides is 1. The van der Waals surface area contributed by atoms with Gasteiger partial charge in [0.2, 0.25) is 10.0 Å². The number of benzene rings is 1. The molecule has 0 amide bonds. The van der Waals surface area contributed by atoms with Crippen molar-refractivity contribution in [1.29, 1.82) is 0 Å². The van der Waals surface area contributed by atoms with Gasteiger partial charge in [0, 0.05) is 31.1 Å². The van der Waals surface area contributed by atoms with Gasteiger partial charge in [0.15, 0.2) is 5.58 Å². The fraction of sp³-hybridized carbons (Fsp3) is 0.375. The van der Waals surface area contributed by atoms with Crippen LogP contribution in [0.3, 0.4) is 0 Å². The lowest BCUT2D eigenvalue weighted by molar-refractivity contribution is 0.489. The predicted molar refractivity (Wildman–Crippen MR) is 101 cm³/mol. The van der Waals surface area contributed by atoms with Gasteiger partial charge in [-0.05, 0) is 18.2 Å². The molecule has 2 heterocycles. The second-order valence-electron chi connectivity index (χ2n) is 6.02. The standard InChI is InChI=1S/C16H19N3O3S3/c1-10(2)15-17-11(8-23-15)9-24-16-18-13-7-12(5-6-14(13)22-16)25(20,21)19(3)4/h5-8,10H,9H2,1-4H3. The molecule has 0 N–H and O–H groups in total. The predicted octanol–water partition coefficient (Wildman–Crippen LogP) is 3.95. The van der Waals surface area contributed by atoms with E-state index in [2.05, 4.69) is 23.8 Å². The van der Waals surface area contributed by atoms with Crippen molar-refractivity contribution in [2.24, 2.45) is 0 Å². The zero-order valence-electron chi connectivity index (χ0n) is 14.4. The number of rotatable bonds is 6. The molecule has 1 aromatic carbocycles. The largest absolute Gasteiger partial charge is 0.431 e. The van der Waals surface area contributed by atoms with Gasteiger partial charge in [-0.15, -0.1) is 11.3 Å². The summed E-state index contributed by atoms with van der Waals surface area (Å²) in [5.41, 5.74) is 2.10. The zero-order chi connectivity index (χ0) is 18.2. The van der Waals surface area contributed by atoms with E-state index in [9.17, 15) is 8.42 Å². The van der Waals surface area contributed by atoms with Crippen LogP contribution in [0.5, 0.6) is 0 Å². The first kappa shape index (κ1) is 18.4. The second kappa shape index (κ2) is 7.06. The second-order valence-corrected chi connectivity index (χ2v) is 9.99. The smallest absolute Gasteiger partial charge is 0.257 e. The van der Waals surface area contributed by atoms with E-state index < -0.39 is 10.0 Å². The van der Waals surface area contributed by atoms with Crippen LogP contribution in [0.25, 0.3) is 11.1 Å². The molecule has 2 aromatic heterocycles. The van der Waals surface area contributed by atoms with E-state index >= 15 is 0 Å². The van der Waals surface area contributed by atoms with E-state index in [0.29, 0.717) is 28.0 Å². The highest BCUT2D eigenvalue weighted by atomic mass is 32.2. The maximum absolute atomic E-state index is 12.2. The molecule has 25 heavy (non-hydrogen) atoms. The minimum atomic E-state index is -3.48. The van der Waals surface area contributed by atoms with Gasteiger partial charge in [0.25, 0.3) is 5.22 Å². The molecule has 0 saturated heterocycles. The summed E-state index contributed by atoms with van der Waals surface area (Å²) in [4.78, 5) is 9.18. The van der Waals surface area contributed by atoms with Gasteiger partial charge in [0.1, 0.15) is 5.52 Å². The van der Waals surface area contributed by atoms with Gasteiger partial charge in [0.05, 0.1) is 15.6 Å². The van der Waals surface area contributed by atoms with Crippen molar-refractivity contribution < 1.29 is 12.8 Å². The average Bonchev–Trinajstić information content (AvgIpc) is 3.18. The number of fused-ring (bicyclic) bond motifs is 1. The third-order valence-corrected chi connectivity index (χ3v) is 7.39. The Morgan fingerprint density at radius 2 is 2.04 bits per heavy atom. The SMILES string of the molecule is CC(C)c1nc(CSc2nc3cc(S(=O)(=O)N(C)C)ccc3o2)cs1. The van der Waals surface area contributed by atoms with Gasteiger partial charge >= 0.3 is 0 Å². The van der Waals surface area contributed by atoms with E-state index in [-0.39, 0.29) is 4.90 Å². The van der Waals surface area contributed by atoms with Crippen LogP contribution in [0.15, 0.2) is 38.1 Å². The summed E-state index contributed by atoms with van der Waals surface area (Å²) in [6.07, 6.45) is 0. The number of aromatic nitrogens is 2. The zero-order valence-corrected chi connectivity index (χ0v) is 16.8. The van der Waals surface area contributed by atoms with Gasteiger partial charge < -0.3 is 4.42 Å². The number of oxazole rings is 1. The van der Waals surface area contributed by atoms with E-state index in [4.69, 9.17) is 4.42 Å². The van der Waals surface area contributed by atoms with Gasteiger partial charge in [-0.2, -0.15) is 0 Å². The van der Waals surface area contributed by atoms with Crippen LogP contribution < -0.4 is 0 Å². The van der Waals surface area contributed by atoms with Crippen molar-refractivity contribution in [3.05, 3.63) is 34.3 Å². The van der Waals surface area contributed by atoms with Gasteiger partial charge in [-0.25, -0.2) is 22.7 Å². The number of hydrogen-bond donors (Lipinski definition) is 0. The molecular formula is C16H19N3O3S3.